The van der Waals surface area contributed by atoms with Crippen LogP contribution in [0, 0.1) is 13.8 Å². The Morgan fingerprint density at radius 1 is 1.07 bits per heavy atom. The Bertz CT molecular complexity index is 1020. The van der Waals surface area contributed by atoms with E-state index in [-0.39, 0.29) is 17.6 Å². The van der Waals surface area contributed by atoms with Crippen molar-refractivity contribution in [2.75, 3.05) is 22.2 Å². The normalized spacial score (nSPS) is 10.5. The minimum absolute atomic E-state index is 0.0865. The van der Waals surface area contributed by atoms with Crippen molar-refractivity contribution in [1.29, 1.82) is 0 Å². The molecule has 0 atom stereocenters. The first-order valence-electron chi connectivity index (χ1n) is 8.51. The molecule has 28 heavy (non-hydrogen) atoms. The monoisotopic (exact) mass is 396 g/mol. The first kappa shape index (κ1) is 19.4. The zero-order valence-electron chi connectivity index (χ0n) is 15.5. The highest BCUT2D eigenvalue weighted by molar-refractivity contribution is 7.99. The third-order valence-corrected chi connectivity index (χ3v) is 4.83. The Morgan fingerprint density at radius 3 is 2.57 bits per heavy atom. The lowest BCUT2D eigenvalue weighted by molar-refractivity contribution is -0.113. The standard InChI is InChI=1S/C19H20N6O2S/c1-12-6-5-7-14(10-12)21-18(27)15-8-3-4-9-16(15)22-17(26)11-28-19-24-23-13(2)25(19)20/h3-10H,11,20H2,1-2H3,(H,21,27)(H,22,26). The largest absolute Gasteiger partial charge is 0.336 e. The van der Waals surface area contributed by atoms with Crippen LogP contribution in [0.4, 0.5) is 11.4 Å². The van der Waals surface area contributed by atoms with Gasteiger partial charge < -0.3 is 16.5 Å². The van der Waals surface area contributed by atoms with Crippen molar-refractivity contribution in [3.63, 3.8) is 0 Å². The fourth-order valence-corrected chi connectivity index (χ4v) is 3.18. The van der Waals surface area contributed by atoms with Crippen molar-refractivity contribution in [2.24, 2.45) is 0 Å². The summed E-state index contributed by atoms with van der Waals surface area (Å²) in [5.41, 5.74) is 2.54. The van der Waals surface area contributed by atoms with Gasteiger partial charge in [0, 0.05) is 5.69 Å². The molecule has 9 heteroatoms. The Hall–Kier alpha value is -3.33. The van der Waals surface area contributed by atoms with E-state index in [2.05, 4.69) is 20.8 Å². The van der Waals surface area contributed by atoms with E-state index in [1.807, 2.05) is 31.2 Å². The number of benzene rings is 2. The first-order valence-corrected chi connectivity index (χ1v) is 9.49. The highest BCUT2D eigenvalue weighted by atomic mass is 32.2. The highest BCUT2D eigenvalue weighted by Gasteiger charge is 2.15. The molecule has 144 valence electrons. The van der Waals surface area contributed by atoms with Gasteiger partial charge in [-0.1, -0.05) is 36.0 Å². The molecular weight excluding hydrogens is 376 g/mol. The third kappa shape index (κ3) is 4.68. The number of amides is 2. The summed E-state index contributed by atoms with van der Waals surface area (Å²) in [5.74, 6) is 5.84. The molecule has 0 unspecified atom stereocenters. The van der Waals surface area contributed by atoms with Crippen LogP contribution in [0.3, 0.4) is 0 Å². The van der Waals surface area contributed by atoms with Crippen LogP contribution in [-0.2, 0) is 4.79 Å². The molecule has 0 aliphatic heterocycles. The minimum Gasteiger partial charge on any atom is -0.336 e. The van der Waals surface area contributed by atoms with Gasteiger partial charge in [-0.3, -0.25) is 9.59 Å². The molecular formula is C19H20N6O2S. The van der Waals surface area contributed by atoms with Crippen molar-refractivity contribution in [3.05, 3.63) is 65.5 Å². The molecule has 0 aliphatic rings. The van der Waals surface area contributed by atoms with Crippen LogP contribution in [-0.4, -0.2) is 32.4 Å². The van der Waals surface area contributed by atoms with Crippen molar-refractivity contribution in [3.8, 4) is 0 Å². The fourth-order valence-electron chi connectivity index (χ4n) is 2.48. The number of nitrogens with two attached hydrogens (primary N) is 1. The number of rotatable bonds is 6. The van der Waals surface area contributed by atoms with E-state index < -0.39 is 0 Å². The van der Waals surface area contributed by atoms with Gasteiger partial charge in [0.1, 0.15) is 5.82 Å². The molecule has 0 fully saturated rings. The molecule has 3 rings (SSSR count). The quantitative estimate of drug-likeness (QED) is 0.436. The van der Waals surface area contributed by atoms with E-state index in [1.54, 1.807) is 31.2 Å². The van der Waals surface area contributed by atoms with Gasteiger partial charge in [0.15, 0.2) is 0 Å². The summed E-state index contributed by atoms with van der Waals surface area (Å²) in [6.07, 6.45) is 0. The number of carbonyl (C=O) groups excluding carboxylic acids is 2. The van der Waals surface area contributed by atoms with Crippen molar-refractivity contribution >= 4 is 35.0 Å². The number of nitrogens with one attached hydrogen (secondary N) is 2. The van der Waals surface area contributed by atoms with Crippen LogP contribution in [0.5, 0.6) is 0 Å². The Morgan fingerprint density at radius 2 is 1.86 bits per heavy atom. The third-order valence-electron chi connectivity index (χ3n) is 3.89. The van der Waals surface area contributed by atoms with Crippen molar-refractivity contribution in [1.82, 2.24) is 14.9 Å². The SMILES string of the molecule is Cc1cccc(NC(=O)c2ccccc2NC(=O)CSc2nnc(C)n2N)c1. The fraction of sp³-hybridized carbons (Fsp3) is 0.158. The van der Waals surface area contributed by atoms with Crippen LogP contribution in [0.2, 0.25) is 0 Å². The maximum atomic E-state index is 12.6. The summed E-state index contributed by atoms with van der Waals surface area (Å²) in [7, 11) is 0. The summed E-state index contributed by atoms with van der Waals surface area (Å²) in [6, 6.07) is 14.4. The second-order valence-electron chi connectivity index (χ2n) is 6.11. The van der Waals surface area contributed by atoms with E-state index in [0.717, 1.165) is 5.56 Å². The average Bonchev–Trinajstić information content (AvgIpc) is 2.99. The molecule has 2 amide bonds. The van der Waals surface area contributed by atoms with Crippen LogP contribution >= 0.6 is 11.8 Å². The molecule has 0 saturated carbocycles. The number of hydrogen-bond donors (Lipinski definition) is 3. The molecule has 0 bridgehead atoms. The predicted molar refractivity (Wildman–Crippen MR) is 110 cm³/mol. The van der Waals surface area contributed by atoms with Gasteiger partial charge in [0.05, 0.1) is 17.0 Å². The van der Waals surface area contributed by atoms with E-state index in [9.17, 15) is 9.59 Å². The molecule has 0 radical (unpaired) electrons. The van der Waals surface area contributed by atoms with Gasteiger partial charge in [-0.25, -0.2) is 4.68 Å². The van der Waals surface area contributed by atoms with E-state index >= 15 is 0 Å². The summed E-state index contributed by atoms with van der Waals surface area (Å²) >= 11 is 1.17. The average molecular weight is 396 g/mol. The molecule has 3 aromatic rings. The summed E-state index contributed by atoms with van der Waals surface area (Å²) < 4.78 is 1.32. The van der Waals surface area contributed by atoms with Crippen molar-refractivity contribution in [2.45, 2.75) is 19.0 Å². The minimum atomic E-state index is -0.300. The lowest BCUT2D eigenvalue weighted by Gasteiger charge is -2.11. The number of aryl methyl sites for hydroxylation is 2. The molecule has 1 heterocycles. The first-order chi connectivity index (χ1) is 13.4. The molecule has 0 spiro atoms. The molecule has 8 nitrogen and oxygen atoms in total. The molecule has 0 saturated heterocycles. The van der Waals surface area contributed by atoms with Gasteiger partial charge in [0.25, 0.3) is 5.91 Å². The topological polar surface area (TPSA) is 115 Å². The van der Waals surface area contributed by atoms with Gasteiger partial charge in [-0.2, -0.15) is 0 Å². The van der Waals surface area contributed by atoms with E-state index in [4.69, 9.17) is 5.84 Å². The van der Waals surface area contributed by atoms with E-state index in [1.165, 1.54) is 16.4 Å². The maximum Gasteiger partial charge on any atom is 0.257 e. The van der Waals surface area contributed by atoms with Crippen LogP contribution in [0.15, 0.2) is 53.7 Å². The Labute approximate surface area is 166 Å². The van der Waals surface area contributed by atoms with Gasteiger partial charge in [0.2, 0.25) is 11.1 Å². The zero-order valence-corrected chi connectivity index (χ0v) is 16.3. The number of carbonyl (C=O) groups is 2. The number of thioether (sulfide) groups is 1. The van der Waals surface area contributed by atoms with Gasteiger partial charge in [-0.15, -0.1) is 10.2 Å². The lowest BCUT2D eigenvalue weighted by atomic mass is 10.1. The van der Waals surface area contributed by atoms with Gasteiger partial charge >= 0.3 is 0 Å². The molecule has 4 N–H and O–H groups in total. The Kier molecular flexibility index (Phi) is 5.95. The second kappa shape index (κ2) is 8.57. The number of nitrogens with zero attached hydrogens (tertiary/aromatic N) is 3. The second-order valence-corrected chi connectivity index (χ2v) is 7.05. The number of aromatic nitrogens is 3. The molecule has 2 aromatic carbocycles. The van der Waals surface area contributed by atoms with Crippen molar-refractivity contribution < 1.29 is 9.59 Å². The Balaban J connectivity index is 1.66. The van der Waals surface area contributed by atoms with E-state index in [0.29, 0.717) is 27.9 Å². The highest BCUT2D eigenvalue weighted by Crippen LogP contribution is 2.20. The predicted octanol–water partition coefficient (Wildman–Crippen LogP) is 2.59. The molecule has 0 aliphatic carbocycles. The van der Waals surface area contributed by atoms with Gasteiger partial charge in [-0.05, 0) is 43.7 Å². The number of anilines is 2. The molecule has 1 aromatic heterocycles. The number of hydrogen-bond acceptors (Lipinski definition) is 6. The smallest absolute Gasteiger partial charge is 0.257 e. The summed E-state index contributed by atoms with van der Waals surface area (Å²) in [5, 5.41) is 13.8. The summed E-state index contributed by atoms with van der Waals surface area (Å²) in [4.78, 5) is 25.0. The van der Waals surface area contributed by atoms with Crippen LogP contribution < -0.4 is 16.5 Å². The number of para-hydroxylation sites is 1. The van der Waals surface area contributed by atoms with Crippen LogP contribution in [0.25, 0.3) is 0 Å². The summed E-state index contributed by atoms with van der Waals surface area (Å²) in [6.45, 7) is 3.67. The zero-order chi connectivity index (χ0) is 20.1. The maximum absolute atomic E-state index is 12.6. The number of nitrogen functional groups attached to an aromatic ring is 1. The van der Waals surface area contributed by atoms with Crippen LogP contribution in [0.1, 0.15) is 21.7 Å². The lowest BCUT2D eigenvalue weighted by Crippen LogP contribution is -2.20.